The lowest BCUT2D eigenvalue weighted by atomic mass is 9.82. The fourth-order valence-electron chi connectivity index (χ4n) is 1.31. The van der Waals surface area contributed by atoms with Crippen molar-refractivity contribution in [3.05, 3.63) is 0 Å². The summed E-state index contributed by atoms with van der Waals surface area (Å²) in [6.45, 7) is 3.79. The lowest BCUT2D eigenvalue weighted by Gasteiger charge is -2.20. The average Bonchev–Trinajstić information content (AvgIpc) is 1.84. The molecule has 1 saturated carbocycles. The molecule has 2 atom stereocenters. The number of carbonyl (C=O) groups is 2. The zero-order chi connectivity index (χ0) is 7.72. The van der Waals surface area contributed by atoms with Gasteiger partial charge in [-0.25, -0.2) is 0 Å². The molecule has 1 rings (SSSR count). The van der Waals surface area contributed by atoms with Gasteiger partial charge in [-0.1, -0.05) is 13.8 Å². The van der Waals surface area contributed by atoms with E-state index < -0.39 is 0 Å². The summed E-state index contributed by atoms with van der Waals surface area (Å²) in [7, 11) is 0. The summed E-state index contributed by atoms with van der Waals surface area (Å²) in [5.74, 6) is 0.437. The van der Waals surface area contributed by atoms with Crippen molar-refractivity contribution in [2.45, 2.75) is 26.7 Å². The lowest BCUT2D eigenvalue weighted by Crippen LogP contribution is -2.28. The minimum atomic E-state index is 0.104. The molecule has 2 nitrogen and oxygen atoms in total. The van der Waals surface area contributed by atoms with Crippen molar-refractivity contribution in [2.75, 3.05) is 0 Å². The molecule has 0 bridgehead atoms. The van der Waals surface area contributed by atoms with Gasteiger partial charge in [-0.15, -0.1) is 0 Å². The van der Waals surface area contributed by atoms with Crippen LogP contribution in [0, 0.1) is 11.8 Å². The first-order valence-corrected chi connectivity index (χ1v) is 3.66. The van der Waals surface area contributed by atoms with E-state index in [0.29, 0.717) is 0 Å². The number of Topliss-reactive ketones (excluding diaryl/α,β-unsaturated/α-hetero) is 2. The Morgan fingerprint density at radius 2 is 1.50 bits per heavy atom. The van der Waals surface area contributed by atoms with Crippen molar-refractivity contribution in [1.29, 1.82) is 0 Å². The highest BCUT2D eigenvalue weighted by Crippen LogP contribution is 2.22. The van der Waals surface area contributed by atoms with E-state index in [4.69, 9.17) is 0 Å². The monoisotopic (exact) mass is 140 g/mol. The van der Waals surface area contributed by atoms with Crippen LogP contribution in [-0.4, -0.2) is 11.6 Å². The van der Waals surface area contributed by atoms with Crippen LogP contribution in [0.25, 0.3) is 0 Å². The van der Waals surface area contributed by atoms with Crippen LogP contribution in [0.1, 0.15) is 26.7 Å². The van der Waals surface area contributed by atoms with Gasteiger partial charge in [-0.05, 0) is 6.42 Å². The van der Waals surface area contributed by atoms with E-state index >= 15 is 0 Å². The number of ketones is 2. The normalized spacial score (nSPS) is 34.6. The van der Waals surface area contributed by atoms with Crippen molar-refractivity contribution in [1.82, 2.24) is 0 Å². The summed E-state index contributed by atoms with van der Waals surface area (Å²) in [6.07, 6.45) is 0.917. The van der Waals surface area contributed by atoms with Crippen LogP contribution in [-0.2, 0) is 9.59 Å². The maximum Gasteiger partial charge on any atom is 0.143 e. The van der Waals surface area contributed by atoms with Crippen LogP contribution in [0.2, 0.25) is 0 Å². The molecule has 2 heteroatoms. The molecule has 0 aliphatic heterocycles. The summed E-state index contributed by atoms with van der Waals surface area (Å²) < 4.78 is 0. The third kappa shape index (κ3) is 1.25. The SMILES string of the molecule is C[C@@H]1C[C@@H](C)C(=O)CC1=O. The molecular weight excluding hydrogens is 128 g/mol. The molecule has 0 spiro atoms. The smallest absolute Gasteiger partial charge is 0.143 e. The molecular formula is C8H12O2. The van der Waals surface area contributed by atoms with Gasteiger partial charge in [0.15, 0.2) is 0 Å². The fourth-order valence-corrected chi connectivity index (χ4v) is 1.31. The Bertz CT molecular complexity index is 154. The predicted octanol–water partition coefficient (Wildman–Crippen LogP) is 1.19. The quantitative estimate of drug-likeness (QED) is 0.474. The van der Waals surface area contributed by atoms with Crippen molar-refractivity contribution in [2.24, 2.45) is 11.8 Å². The second-order valence-corrected chi connectivity index (χ2v) is 3.15. The summed E-state index contributed by atoms with van der Waals surface area (Å²) in [5.41, 5.74) is 0. The Labute approximate surface area is 60.6 Å². The van der Waals surface area contributed by atoms with Gasteiger partial charge >= 0.3 is 0 Å². The molecule has 1 aliphatic carbocycles. The maximum absolute atomic E-state index is 10.9. The van der Waals surface area contributed by atoms with Crippen LogP contribution in [0.3, 0.4) is 0 Å². The predicted molar refractivity (Wildman–Crippen MR) is 37.6 cm³/mol. The zero-order valence-electron chi connectivity index (χ0n) is 6.39. The van der Waals surface area contributed by atoms with E-state index in [1.54, 1.807) is 0 Å². The summed E-state index contributed by atoms with van der Waals surface area (Å²) >= 11 is 0. The molecule has 1 fully saturated rings. The molecule has 0 N–H and O–H groups in total. The van der Waals surface area contributed by atoms with E-state index in [1.165, 1.54) is 0 Å². The number of hydrogen-bond donors (Lipinski definition) is 0. The molecule has 1 aliphatic rings. The molecule has 0 aromatic rings. The third-order valence-electron chi connectivity index (χ3n) is 2.15. The average molecular weight is 140 g/mol. The van der Waals surface area contributed by atoms with E-state index in [2.05, 4.69) is 0 Å². The minimum absolute atomic E-state index is 0.104. The summed E-state index contributed by atoms with van der Waals surface area (Å²) in [5, 5.41) is 0. The molecule has 0 heterocycles. The Hall–Kier alpha value is -0.660. The molecule has 56 valence electrons. The first kappa shape index (κ1) is 7.45. The van der Waals surface area contributed by atoms with Gasteiger partial charge < -0.3 is 0 Å². The Morgan fingerprint density at radius 3 is 1.80 bits per heavy atom. The molecule has 0 unspecified atom stereocenters. The van der Waals surface area contributed by atoms with E-state index in [1.807, 2.05) is 13.8 Å². The molecule has 0 aromatic carbocycles. The highest BCUT2D eigenvalue weighted by molar-refractivity contribution is 6.03. The molecule has 0 aromatic heterocycles. The van der Waals surface area contributed by atoms with Crippen molar-refractivity contribution < 1.29 is 9.59 Å². The van der Waals surface area contributed by atoms with Gasteiger partial charge in [0.05, 0.1) is 6.42 Å². The standard InChI is InChI=1S/C8H12O2/c1-5-3-6(2)8(10)4-7(5)9/h5-6H,3-4H2,1-2H3/t5-,6-/m1/s1. The minimum Gasteiger partial charge on any atom is -0.299 e. The Kier molecular flexibility index (Phi) is 1.88. The van der Waals surface area contributed by atoms with Crippen molar-refractivity contribution >= 4 is 11.6 Å². The van der Waals surface area contributed by atoms with E-state index in [9.17, 15) is 9.59 Å². The topological polar surface area (TPSA) is 34.1 Å². The van der Waals surface area contributed by atoms with Gasteiger partial charge in [0.2, 0.25) is 0 Å². The van der Waals surface area contributed by atoms with Gasteiger partial charge in [-0.2, -0.15) is 0 Å². The lowest BCUT2D eigenvalue weighted by molar-refractivity contribution is -0.135. The number of carbonyl (C=O) groups excluding carboxylic acids is 2. The maximum atomic E-state index is 10.9. The highest BCUT2D eigenvalue weighted by Gasteiger charge is 2.28. The van der Waals surface area contributed by atoms with Gasteiger partial charge in [0.1, 0.15) is 11.6 Å². The van der Waals surface area contributed by atoms with Gasteiger partial charge in [0.25, 0.3) is 0 Å². The number of rotatable bonds is 0. The van der Waals surface area contributed by atoms with Crippen LogP contribution < -0.4 is 0 Å². The summed E-state index contributed by atoms with van der Waals surface area (Å²) in [4.78, 5) is 21.9. The van der Waals surface area contributed by atoms with Crippen LogP contribution in [0.5, 0.6) is 0 Å². The van der Waals surface area contributed by atoms with Crippen LogP contribution >= 0.6 is 0 Å². The highest BCUT2D eigenvalue weighted by atomic mass is 16.1. The third-order valence-corrected chi connectivity index (χ3v) is 2.15. The Morgan fingerprint density at radius 1 is 1.10 bits per heavy atom. The van der Waals surface area contributed by atoms with Crippen molar-refractivity contribution in [3.8, 4) is 0 Å². The fraction of sp³-hybridized carbons (Fsp3) is 0.750. The molecule has 10 heavy (non-hydrogen) atoms. The first-order chi connectivity index (χ1) is 4.61. The van der Waals surface area contributed by atoms with Crippen LogP contribution in [0.4, 0.5) is 0 Å². The molecule has 0 saturated heterocycles. The zero-order valence-corrected chi connectivity index (χ0v) is 6.39. The largest absolute Gasteiger partial charge is 0.299 e. The van der Waals surface area contributed by atoms with Crippen molar-refractivity contribution in [3.63, 3.8) is 0 Å². The summed E-state index contributed by atoms with van der Waals surface area (Å²) in [6, 6.07) is 0. The molecule has 0 amide bonds. The second kappa shape index (κ2) is 2.52. The van der Waals surface area contributed by atoms with Crippen LogP contribution in [0.15, 0.2) is 0 Å². The second-order valence-electron chi connectivity index (χ2n) is 3.15. The molecule has 0 radical (unpaired) electrons. The van der Waals surface area contributed by atoms with Gasteiger partial charge in [0, 0.05) is 11.8 Å². The van der Waals surface area contributed by atoms with E-state index in [0.717, 1.165) is 6.42 Å². The van der Waals surface area contributed by atoms with E-state index in [-0.39, 0.29) is 29.8 Å². The number of hydrogen-bond acceptors (Lipinski definition) is 2. The first-order valence-electron chi connectivity index (χ1n) is 3.66. The van der Waals surface area contributed by atoms with Gasteiger partial charge in [-0.3, -0.25) is 9.59 Å². The Balaban J connectivity index is 2.63.